The van der Waals surface area contributed by atoms with Crippen LogP contribution in [0.25, 0.3) is 0 Å². The Balaban J connectivity index is 2.02. The lowest BCUT2D eigenvalue weighted by Gasteiger charge is -2.12. The average molecular weight is 345 g/mol. The van der Waals surface area contributed by atoms with Crippen LogP contribution in [0.5, 0.6) is 11.5 Å². The maximum absolute atomic E-state index is 12.1. The molecule has 0 saturated carbocycles. The van der Waals surface area contributed by atoms with E-state index >= 15 is 0 Å². The molecule has 5 nitrogen and oxygen atoms in total. The molecule has 0 aliphatic rings. The molecule has 126 valence electrons. The fourth-order valence-corrected chi connectivity index (χ4v) is 2.64. The second-order valence-electron chi connectivity index (χ2n) is 4.96. The van der Waals surface area contributed by atoms with E-state index in [1.165, 1.54) is 14.0 Å². The number of methoxy groups -OCH3 is 1. The summed E-state index contributed by atoms with van der Waals surface area (Å²) in [6, 6.07) is 12.4. The highest BCUT2D eigenvalue weighted by molar-refractivity contribution is 7.98. The van der Waals surface area contributed by atoms with Crippen molar-refractivity contribution in [1.29, 1.82) is 0 Å². The standard InChI is InChI=1S/C18H19NO4S/c1-12(20)13-8-9-15(16(10-13)22-2)23-11-18(21)19-14-6-4-5-7-17(14)24-3/h4-10H,11H2,1-3H3,(H,19,21). The first kappa shape index (κ1) is 17.9. The lowest BCUT2D eigenvalue weighted by Crippen LogP contribution is -2.20. The van der Waals surface area contributed by atoms with Crippen LogP contribution in [0.2, 0.25) is 0 Å². The van der Waals surface area contributed by atoms with Crippen molar-refractivity contribution in [3.05, 3.63) is 48.0 Å². The summed E-state index contributed by atoms with van der Waals surface area (Å²) in [5.74, 6) is 0.497. The van der Waals surface area contributed by atoms with Gasteiger partial charge in [-0.15, -0.1) is 11.8 Å². The number of hydrogen-bond donors (Lipinski definition) is 1. The molecule has 0 bridgehead atoms. The molecular weight excluding hydrogens is 326 g/mol. The highest BCUT2D eigenvalue weighted by Crippen LogP contribution is 2.28. The minimum Gasteiger partial charge on any atom is -0.493 e. The number of nitrogens with one attached hydrogen (secondary N) is 1. The van der Waals surface area contributed by atoms with Gasteiger partial charge in [-0.3, -0.25) is 9.59 Å². The predicted molar refractivity (Wildman–Crippen MR) is 95.3 cm³/mol. The minimum atomic E-state index is -0.269. The largest absolute Gasteiger partial charge is 0.493 e. The van der Waals surface area contributed by atoms with E-state index in [4.69, 9.17) is 9.47 Å². The maximum atomic E-state index is 12.1. The Labute approximate surface area is 145 Å². The SMILES string of the molecule is COc1cc(C(C)=O)ccc1OCC(=O)Nc1ccccc1SC. The molecule has 0 radical (unpaired) electrons. The van der Waals surface area contributed by atoms with E-state index in [2.05, 4.69) is 5.32 Å². The second kappa shape index (κ2) is 8.40. The Morgan fingerprint density at radius 2 is 1.88 bits per heavy atom. The van der Waals surface area contributed by atoms with Gasteiger partial charge in [-0.25, -0.2) is 0 Å². The summed E-state index contributed by atoms with van der Waals surface area (Å²) >= 11 is 1.55. The number of thioether (sulfide) groups is 1. The van der Waals surface area contributed by atoms with Gasteiger partial charge in [0.1, 0.15) is 0 Å². The van der Waals surface area contributed by atoms with Gasteiger partial charge in [0, 0.05) is 10.5 Å². The number of para-hydroxylation sites is 1. The summed E-state index contributed by atoms with van der Waals surface area (Å²) in [7, 11) is 1.49. The van der Waals surface area contributed by atoms with Crippen molar-refractivity contribution >= 4 is 29.1 Å². The number of ketones is 1. The fraction of sp³-hybridized carbons (Fsp3) is 0.222. The molecule has 24 heavy (non-hydrogen) atoms. The molecule has 0 spiro atoms. The number of amides is 1. The molecule has 0 atom stereocenters. The third-order valence-corrected chi connectivity index (χ3v) is 4.11. The summed E-state index contributed by atoms with van der Waals surface area (Å²) in [6.07, 6.45) is 1.95. The monoisotopic (exact) mass is 345 g/mol. The van der Waals surface area contributed by atoms with Crippen LogP contribution >= 0.6 is 11.8 Å². The first-order valence-electron chi connectivity index (χ1n) is 7.29. The molecule has 0 heterocycles. The number of benzene rings is 2. The van der Waals surface area contributed by atoms with Gasteiger partial charge in [-0.05, 0) is 43.5 Å². The zero-order valence-electron chi connectivity index (χ0n) is 13.8. The number of rotatable bonds is 7. The third-order valence-electron chi connectivity index (χ3n) is 3.31. The molecule has 0 aromatic heterocycles. The van der Waals surface area contributed by atoms with E-state index in [1.807, 2.05) is 30.5 Å². The zero-order chi connectivity index (χ0) is 17.5. The molecule has 2 aromatic rings. The number of hydrogen-bond acceptors (Lipinski definition) is 5. The van der Waals surface area contributed by atoms with Gasteiger partial charge in [-0.1, -0.05) is 12.1 Å². The smallest absolute Gasteiger partial charge is 0.262 e. The Kier molecular flexibility index (Phi) is 6.26. The summed E-state index contributed by atoms with van der Waals surface area (Å²) in [6.45, 7) is 1.32. The van der Waals surface area contributed by atoms with Crippen LogP contribution in [0.1, 0.15) is 17.3 Å². The normalized spacial score (nSPS) is 10.1. The van der Waals surface area contributed by atoms with Crippen LogP contribution in [0.4, 0.5) is 5.69 Å². The van der Waals surface area contributed by atoms with Crippen LogP contribution in [-0.2, 0) is 4.79 Å². The Hall–Kier alpha value is -2.47. The first-order chi connectivity index (χ1) is 11.5. The number of Topliss-reactive ketones (excluding diaryl/α,β-unsaturated/α-hetero) is 1. The van der Waals surface area contributed by atoms with Crippen LogP contribution in [0.15, 0.2) is 47.4 Å². The fourth-order valence-electron chi connectivity index (χ4n) is 2.08. The molecule has 1 N–H and O–H groups in total. The molecule has 0 saturated heterocycles. The Morgan fingerprint density at radius 1 is 1.12 bits per heavy atom. The van der Waals surface area contributed by atoms with Gasteiger partial charge >= 0.3 is 0 Å². The molecule has 0 unspecified atom stereocenters. The number of ether oxygens (including phenoxy) is 2. The molecule has 0 aliphatic carbocycles. The summed E-state index contributed by atoms with van der Waals surface area (Å²) < 4.78 is 10.7. The second-order valence-corrected chi connectivity index (χ2v) is 5.81. The molecule has 0 fully saturated rings. The number of carbonyl (C=O) groups excluding carboxylic acids is 2. The van der Waals surface area contributed by atoms with Gasteiger partial charge in [0.15, 0.2) is 23.9 Å². The Morgan fingerprint density at radius 3 is 2.54 bits per heavy atom. The number of carbonyl (C=O) groups is 2. The topological polar surface area (TPSA) is 64.6 Å². The molecule has 2 rings (SSSR count). The third kappa shape index (κ3) is 4.52. The minimum absolute atomic E-state index is 0.0636. The van der Waals surface area contributed by atoms with Crippen LogP contribution in [0.3, 0.4) is 0 Å². The van der Waals surface area contributed by atoms with E-state index in [0.717, 1.165) is 10.6 Å². The quantitative estimate of drug-likeness (QED) is 0.613. The van der Waals surface area contributed by atoms with Gasteiger partial charge in [0.25, 0.3) is 5.91 Å². The van der Waals surface area contributed by atoms with Crippen molar-refractivity contribution in [2.45, 2.75) is 11.8 Å². The van der Waals surface area contributed by atoms with Crippen molar-refractivity contribution in [3.63, 3.8) is 0 Å². The van der Waals surface area contributed by atoms with Gasteiger partial charge in [0.2, 0.25) is 0 Å². The van der Waals surface area contributed by atoms with Crippen molar-refractivity contribution in [2.75, 3.05) is 25.3 Å². The van der Waals surface area contributed by atoms with E-state index in [9.17, 15) is 9.59 Å². The molecular formula is C18H19NO4S. The molecule has 0 aliphatic heterocycles. The lowest BCUT2D eigenvalue weighted by atomic mass is 10.1. The highest BCUT2D eigenvalue weighted by Gasteiger charge is 2.11. The maximum Gasteiger partial charge on any atom is 0.262 e. The molecule has 1 amide bonds. The van der Waals surface area contributed by atoms with E-state index in [1.54, 1.807) is 30.0 Å². The predicted octanol–water partition coefficient (Wildman–Crippen LogP) is 3.64. The van der Waals surface area contributed by atoms with Crippen molar-refractivity contribution in [2.24, 2.45) is 0 Å². The lowest BCUT2D eigenvalue weighted by molar-refractivity contribution is -0.118. The van der Waals surface area contributed by atoms with Gasteiger partial charge in [-0.2, -0.15) is 0 Å². The van der Waals surface area contributed by atoms with Crippen LogP contribution in [0, 0.1) is 0 Å². The summed E-state index contributed by atoms with van der Waals surface area (Å²) in [5, 5.41) is 2.82. The van der Waals surface area contributed by atoms with Crippen molar-refractivity contribution in [3.8, 4) is 11.5 Å². The first-order valence-corrected chi connectivity index (χ1v) is 8.52. The van der Waals surface area contributed by atoms with Crippen LogP contribution < -0.4 is 14.8 Å². The highest BCUT2D eigenvalue weighted by atomic mass is 32.2. The summed E-state index contributed by atoms with van der Waals surface area (Å²) in [5.41, 5.74) is 1.27. The van der Waals surface area contributed by atoms with Crippen molar-refractivity contribution in [1.82, 2.24) is 0 Å². The van der Waals surface area contributed by atoms with Crippen molar-refractivity contribution < 1.29 is 19.1 Å². The molecule has 2 aromatic carbocycles. The zero-order valence-corrected chi connectivity index (χ0v) is 14.6. The van der Waals surface area contributed by atoms with Gasteiger partial charge < -0.3 is 14.8 Å². The molecule has 6 heteroatoms. The van der Waals surface area contributed by atoms with E-state index < -0.39 is 0 Å². The van der Waals surface area contributed by atoms with Gasteiger partial charge in [0.05, 0.1) is 12.8 Å². The average Bonchev–Trinajstić information content (AvgIpc) is 2.60. The Bertz CT molecular complexity index is 746. The number of anilines is 1. The van der Waals surface area contributed by atoms with Crippen LogP contribution in [-0.4, -0.2) is 31.7 Å². The van der Waals surface area contributed by atoms with E-state index in [-0.39, 0.29) is 18.3 Å². The van der Waals surface area contributed by atoms with E-state index in [0.29, 0.717) is 17.1 Å². The summed E-state index contributed by atoms with van der Waals surface area (Å²) in [4.78, 5) is 24.5.